The van der Waals surface area contributed by atoms with Gasteiger partial charge in [-0.1, -0.05) is 84.9 Å². The van der Waals surface area contributed by atoms with E-state index in [0.29, 0.717) is 18.4 Å². The number of halogens is 1. The lowest BCUT2D eigenvalue weighted by Crippen LogP contribution is -2.43. The third-order valence-electron chi connectivity index (χ3n) is 7.38. The minimum atomic E-state index is -0.880. The Balaban J connectivity index is 1.32. The molecular weight excluding hydrogens is 539 g/mol. The molecule has 216 valence electrons. The summed E-state index contributed by atoms with van der Waals surface area (Å²) in [5.74, 6) is -2.30. The van der Waals surface area contributed by atoms with Crippen LogP contribution in [-0.2, 0) is 38.3 Å². The van der Waals surface area contributed by atoms with Crippen LogP contribution in [0.3, 0.4) is 0 Å². The Morgan fingerprint density at radius 1 is 0.786 bits per heavy atom. The molecule has 5 rings (SSSR count). The van der Waals surface area contributed by atoms with Crippen molar-refractivity contribution in [3.8, 4) is 0 Å². The smallest absolute Gasteiger partial charge is 0.417 e. The minimum Gasteiger partial charge on any atom is -0.447 e. The number of amides is 4. The van der Waals surface area contributed by atoms with Crippen LogP contribution in [0, 0.1) is 11.7 Å². The third-order valence-corrected chi connectivity index (χ3v) is 7.38. The van der Waals surface area contributed by atoms with Crippen molar-refractivity contribution >= 4 is 24.0 Å². The van der Waals surface area contributed by atoms with Gasteiger partial charge in [0.2, 0.25) is 11.8 Å². The number of ether oxygens (including phenoxy) is 2. The normalized spacial score (nSPS) is 19.2. The first-order valence-electron chi connectivity index (χ1n) is 13.9. The van der Waals surface area contributed by atoms with Gasteiger partial charge in [-0.25, -0.2) is 23.8 Å². The lowest BCUT2D eigenvalue weighted by Gasteiger charge is -2.24. The van der Waals surface area contributed by atoms with Crippen molar-refractivity contribution in [2.75, 3.05) is 13.2 Å². The summed E-state index contributed by atoms with van der Waals surface area (Å²) in [5, 5.41) is 0. The second-order valence-corrected chi connectivity index (χ2v) is 10.4. The second kappa shape index (κ2) is 13.2. The maximum atomic E-state index is 14.0. The predicted octanol–water partition coefficient (Wildman–Crippen LogP) is 5.11. The number of cyclic esters (lactones) is 2. The van der Waals surface area contributed by atoms with Gasteiger partial charge < -0.3 is 9.47 Å². The van der Waals surface area contributed by atoms with E-state index in [1.807, 2.05) is 60.7 Å². The van der Waals surface area contributed by atoms with Crippen LogP contribution in [0.1, 0.15) is 23.1 Å². The number of nitrogens with zero attached hydrogens (tertiary/aromatic N) is 2. The van der Waals surface area contributed by atoms with E-state index in [4.69, 9.17) is 9.47 Å². The van der Waals surface area contributed by atoms with Crippen molar-refractivity contribution in [2.45, 2.75) is 37.8 Å². The summed E-state index contributed by atoms with van der Waals surface area (Å²) in [5.41, 5.74) is 2.48. The first-order chi connectivity index (χ1) is 20.4. The van der Waals surface area contributed by atoms with Gasteiger partial charge in [-0.05, 0) is 48.1 Å². The summed E-state index contributed by atoms with van der Waals surface area (Å²) in [6.07, 6.45) is 2.45. The number of hydrogen-bond acceptors (Lipinski definition) is 6. The average Bonchev–Trinajstić information content (AvgIpc) is 3.54. The number of rotatable bonds is 10. The lowest BCUT2D eigenvalue weighted by atomic mass is 9.95. The summed E-state index contributed by atoms with van der Waals surface area (Å²) in [6, 6.07) is 23.9. The summed E-state index contributed by atoms with van der Waals surface area (Å²) in [4.78, 5) is 54.3. The summed E-state index contributed by atoms with van der Waals surface area (Å²) < 4.78 is 24.4. The number of carbonyl (C=O) groups excluding carboxylic acids is 4. The molecule has 2 aliphatic rings. The van der Waals surface area contributed by atoms with Gasteiger partial charge in [0.1, 0.15) is 19.0 Å². The molecule has 2 fully saturated rings. The highest BCUT2D eigenvalue weighted by Crippen LogP contribution is 2.24. The van der Waals surface area contributed by atoms with E-state index < -0.39 is 47.8 Å². The quantitative estimate of drug-likeness (QED) is 0.315. The Kier molecular flexibility index (Phi) is 9.06. The highest BCUT2D eigenvalue weighted by Gasteiger charge is 2.41. The largest absolute Gasteiger partial charge is 0.447 e. The zero-order valence-electron chi connectivity index (χ0n) is 22.9. The molecule has 2 heterocycles. The van der Waals surface area contributed by atoms with Crippen LogP contribution in [0.5, 0.6) is 0 Å². The minimum absolute atomic E-state index is 0.0637. The molecule has 3 unspecified atom stereocenters. The molecule has 0 bridgehead atoms. The molecule has 0 aromatic heterocycles. The molecule has 2 aliphatic heterocycles. The van der Waals surface area contributed by atoms with Gasteiger partial charge in [0.25, 0.3) is 0 Å². The van der Waals surface area contributed by atoms with Gasteiger partial charge in [0.05, 0.1) is 18.0 Å². The van der Waals surface area contributed by atoms with E-state index >= 15 is 0 Å². The van der Waals surface area contributed by atoms with Gasteiger partial charge in [0, 0.05) is 6.42 Å². The second-order valence-electron chi connectivity index (χ2n) is 10.4. The van der Waals surface area contributed by atoms with Crippen molar-refractivity contribution in [3.63, 3.8) is 0 Å². The Morgan fingerprint density at radius 2 is 1.33 bits per heavy atom. The van der Waals surface area contributed by atoms with Crippen molar-refractivity contribution < 1.29 is 33.0 Å². The predicted molar refractivity (Wildman–Crippen MR) is 152 cm³/mol. The fraction of sp³-hybridized carbons (Fsp3) is 0.273. The van der Waals surface area contributed by atoms with Gasteiger partial charge >= 0.3 is 12.2 Å². The van der Waals surface area contributed by atoms with Gasteiger partial charge in [-0.3, -0.25) is 9.59 Å². The van der Waals surface area contributed by atoms with Crippen LogP contribution in [0.25, 0.3) is 0 Å². The van der Waals surface area contributed by atoms with E-state index in [1.54, 1.807) is 18.2 Å². The van der Waals surface area contributed by atoms with Crippen LogP contribution < -0.4 is 0 Å². The first kappa shape index (κ1) is 28.7. The lowest BCUT2D eigenvalue weighted by molar-refractivity contribution is -0.132. The van der Waals surface area contributed by atoms with E-state index in [9.17, 15) is 23.6 Å². The molecule has 2 saturated heterocycles. The average molecular weight is 571 g/mol. The Labute approximate surface area is 243 Å². The number of carbonyl (C=O) groups is 4. The molecule has 0 spiro atoms. The molecule has 3 aromatic rings. The molecular formula is C33H31FN2O6. The SMILES string of the molecule is O=C(CC=CC(Cc1cccc(F)c1)C(=O)N1C(=O)OCC1Cc1ccccc1)N1C(=O)OCC1Cc1ccccc1. The van der Waals surface area contributed by atoms with Gasteiger partial charge in [-0.2, -0.15) is 0 Å². The van der Waals surface area contributed by atoms with E-state index in [0.717, 1.165) is 20.9 Å². The number of imide groups is 2. The molecule has 4 amide bonds. The fourth-order valence-electron chi connectivity index (χ4n) is 5.34. The molecule has 8 nitrogen and oxygen atoms in total. The molecule has 3 aromatic carbocycles. The Bertz CT molecular complexity index is 1460. The maximum Gasteiger partial charge on any atom is 0.417 e. The Hall–Kier alpha value is -4.79. The standard InChI is InChI=1S/C33H31FN2O6/c34-27-15-7-13-25(18-27)17-26(31(38)36-29(22-42-33(36)40)20-24-11-5-2-6-12-24)14-8-16-30(37)35-28(21-41-32(35)39)19-23-9-3-1-4-10-23/h1-15,18,26,28-29H,16-17,19-22H2. The molecule has 0 N–H and O–H groups in total. The van der Waals surface area contributed by atoms with Crippen LogP contribution in [0.2, 0.25) is 0 Å². The van der Waals surface area contributed by atoms with Gasteiger partial charge in [-0.15, -0.1) is 0 Å². The van der Waals surface area contributed by atoms with Crippen LogP contribution in [0.4, 0.5) is 14.0 Å². The molecule has 0 aliphatic carbocycles. The zero-order chi connectivity index (χ0) is 29.5. The van der Waals surface area contributed by atoms with Gasteiger partial charge in [0.15, 0.2) is 0 Å². The zero-order valence-corrected chi connectivity index (χ0v) is 22.9. The van der Waals surface area contributed by atoms with Crippen molar-refractivity contribution in [3.05, 3.63) is 120 Å². The summed E-state index contributed by atoms with van der Waals surface area (Å²) in [7, 11) is 0. The monoisotopic (exact) mass is 570 g/mol. The van der Waals surface area contributed by atoms with Crippen molar-refractivity contribution in [1.82, 2.24) is 9.80 Å². The number of benzene rings is 3. The van der Waals surface area contributed by atoms with Crippen LogP contribution in [-0.4, -0.2) is 59.1 Å². The van der Waals surface area contributed by atoms with E-state index in [2.05, 4.69) is 0 Å². The van der Waals surface area contributed by atoms with Crippen LogP contribution >= 0.6 is 0 Å². The van der Waals surface area contributed by atoms with Crippen LogP contribution in [0.15, 0.2) is 97.1 Å². The van der Waals surface area contributed by atoms with E-state index in [-0.39, 0.29) is 26.1 Å². The molecule has 9 heteroatoms. The molecule has 3 atom stereocenters. The Morgan fingerprint density at radius 3 is 1.93 bits per heavy atom. The summed E-state index contributed by atoms with van der Waals surface area (Å²) >= 11 is 0. The highest BCUT2D eigenvalue weighted by molar-refractivity contribution is 5.96. The van der Waals surface area contributed by atoms with Crippen molar-refractivity contribution in [1.29, 1.82) is 0 Å². The topological polar surface area (TPSA) is 93.2 Å². The molecule has 0 saturated carbocycles. The molecule has 42 heavy (non-hydrogen) atoms. The third kappa shape index (κ3) is 6.91. The van der Waals surface area contributed by atoms with E-state index in [1.165, 1.54) is 18.2 Å². The highest BCUT2D eigenvalue weighted by atomic mass is 19.1. The molecule has 0 radical (unpaired) electrons. The first-order valence-corrected chi connectivity index (χ1v) is 13.9. The number of hydrogen-bond donors (Lipinski definition) is 0. The summed E-state index contributed by atoms with van der Waals surface area (Å²) in [6.45, 7) is 0.165. The van der Waals surface area contributed by atoms with Crippen molar-refractivity contribution in [2.24, 2.45) is 5.92 Å². The fourth-order valence-corrected chi connectivity index (χ4v) is 5.34. The maximum absolute atomic E-state index is 14.0.